The third kappa shape index (κ3) is 14.0. The minimum atomic E-state index is 0. The van der Waals surface area contributed by atoms with E-state index in [2.05, 4.69) is 36.4 Å². The molecule has 0 fully saturated rings. The standard InChI is InChI=1S/C13H29N3O.HI/c1-13(2,3)8-6-9-15-12(14-4)16-10-7-11-17-5;/h6-11H2,1-5H3,(H2,14,15,16);1H. The van der Waals surface area contributed by atoms with E-state index < -0.39 is 0 Å². The summed E-state index contributed by atoms with van der Waals surface area (Å²) >= 11 is 0. The van der Waals surface area contributed by atoms with Crippen LogP contribution < -0.4 is 10.6 Å². The van der Waals surface area contributed by atoms with Crippen molar-refractivity contribution in [1.82, 2.24) is 10.6 Å². The second-order valence-corrected chi connectivity index (χ2v) is 5.44. The van der Waals surface area contributed by atoms with Crippen LogP contribution in [0.4, 0.5) is 0 Å². The smallest absolute Gasteiger partial charge is 0.190 e. The molecule has 0 atom stereocenters. The van der Waals surface area contributed by atoms with Gasteiger partial charge in [-0.1, -0.05) is 20.8 Å². The van der Waals surface area contributed by atoms with E-state index >= 15 is 0 Å². The van der Waals surface area contributed by atoms with Crippen LogP contribution in [0.15, 0.2) is 4.99 Å². The molecule has 0 aliphatic carbocycles. The first kappa shape index (κ1) is 20.3. The molecule has 0 spiro atoms. The zero-order valence-corrected chi connectivity index (χ0v) is 14.8. The Morgan fingerprint density at radius 2 is 1.67 bits per heavy atom. The largest absolute Gasteiger partial charge is 0.385 e. The Balaban J connectivity index is 0. The van der Waals surface area contributed by atoms with E-state index in [-0.39, 0.29) is 24.0 Å². The lowest BCUT2D eigenvalue weighted by Gasteiger charge is -2.18. The van der Waals surface area contributed by atoms with Crippen LogP contribution in [0, 0.1) is 5.41 Å². The number of methoxy groups -OCH3 is 1. The Morgan fingerprint density at radius 3 is 2.11 bits per heavy atom. The minimum absolute atomic E-state index is 0. The average molecular weight is 371 g/mol. The fraction of sp³-hybridized carbons (Fsp3) is 0.923. The van der Waals surface area contributed by atoms with Gasteiger partial charge >= 0.3 is 0 Å². The van der Waals surface area contributed by atoms with Crippen molar-refractivity contribution in [2.24, 2.45) is 10.4 Å². The molecule has 0 rings (SSSR count). The molecule has 5 heteroatoms. The summed E-state index contributed by atoms with van der Waals surface area (Å²) in [5.74, 6) is 0.884. The Morgan fingerprint density at radius 1 is 1.11 bits per heavy atom. The molecule has 18 heavy (non-hydrogen) atoms. The molecule has 0 saturated carbocycles. The van der Waals surface area contributed by atoms with Gasteiger partial charge < -0.3 is 15.4 Å². The summed E-state index contributed by atoms with van der Waals surface area (Å²) in [4.78, 5) is 4.17. The highest BCUT2D eigenvalue weighted by molar-refractivity contribution is 14.0. The number of nitrogens with zero attached hydrogens (tertiary/aromatic N) is 1. The van der Waals surface area contributed by atoms with E-state index in [1.54, 1.807) is 14.2 Å². The Bertz CT molecular complexity index is 215. The molecule has 0 amide bonds. The third-order valence-corrected chi connectivity index (χ3v) is 2.44. The van der Waals surface area contributed by atoms with Crippen molar-refractivity contribution >= 4 is 29.9 Å². The maximum absolute atomic E-state index is 4.99. The predicted octanol–water partition coefficient (Wildman–Crippen LogP) is 2.63. The van der Waals surface area contributed by atoms with Gasteiger partial charge in [0.25, 0.3) is 0 Å². The molecule has 0 saturated heterocycles. The normalized spacial score (nSPS) is 11.9. The molecule has 0 heterocycles. The van der Waals surface area contributed by atoms with Crippen molar-refractivity contribution < 1.29 is 4.74 Å². The number of hydrogen-bond acceptors (Lipinski definition) is 2. The SMILES string of the molecule is CN=C(NCCCOC)NCCCC(C)(C)C.I. The second kappa shape index (κ2) is 12.0. The van der Waals surface area contributed by atoms with Gasteiger partial charge in [0.05, 0.1) is 0 Å². The first-order chi connectivity index (χ1) is 7.99. The lowest BCUT2D eigenvalue weighted by atomic mass is 9.91. The Labute approximate surface area is 129 Å². The molecule has 4 nitrogen and oxygen atoms in total. The number of ether oxygens (including phenoxy) is 1. The van der Waals surface area contributed by atoms with Crippen molar-refractivity contribution in [2.75, 3.05) is 33.9 Å². The lowest BCUT2D eigenvalue weighted by molar-refractivity contribution is 0.195. The molecule has 0 bridgehead atoms. The van der Waals surface area contributed by atoms with Crippen LogP contribution in [0.1, 0.15) is 40.0 Å². The van der Waals surface area contributed by atoms with E-state index in [4.69, 9.17) is 4.74 Å². The van der Waals surface area contributed by atoms with Gasteiger partial charge in [0, 0.05) is 33.9 Å². The number of aliphatic imine (C=N–C) groups is 1. The van der Waals surface area contributed by atoms with Crippen LogP contribution in [0.3, 0.4) is 0 Å². The van der Waals surface area contributed by atoms with E-state index in [1.165, 1.54) is 12.8 Å². The summed E-state index contributed by atoms with van der Waals surface area (Å²) in [5.41, 5.74) is 0.414. The molecule has 0 aromatic rings. The molecular weight excluding hydrogens is 341 g/mol. The Hall–Kier alpha value is -0.0400. The van der Waals surface area contributed by atoms with Crippen LogP contribution >= 0.6 is 24.0 Å². The van der Waals surface area contributed by atoms with Gasteiger partial charge in [-0.2, -0.15) is 0 Å². The zero-order chi connectivity index (χ0) is 13.1. The first-order valence-corrected chi connectivity index (χ1v) is 6.43. The van der Waals surface area contributed by atoms with Gasteiger partial charge in [-0.05, 0) is 24.7 Å². The van der Waals surface area contributed by atoms with Gasteiger partial charge in [-0.25, -0.2) is 0 Å². The minimum Gasteiger partial charge on any atom is -0.385 e. The summed E-state index contributed by atoms with van der Waals surface area (Å²) in [6, 6.07) is 0. The summed E-state index contributed by atoms with van der Waals surface area (Å²) in [6.45, 7) is 9.46. The average Bonchev–Trinajstić information content (AvgIpc) is 2.25. The van der Waals surface area contributed by atoms with Gasteiger partial charge in [0.15, 0.2) is 5.96 Å². The topological polar surface area (TPSA) is 45.7 Å². The van der Waals surface area contributed by atoms with Crippen molar-refractivity contribution in [1.29, 1.82) is 0 Å². The number of hydrogen-bond donors (Lipinski definition) is 2. The summed E-state index contributed by atoms with van der Waals surface area (Å²) in [6.07, 6.45) is 3.39. The third-order valence-electron chi connectivity index (χ3n) is 2.44. The molecule has 0 unspecified atom stereocenters. The predicted molar refractivity (Wildman–Crippen MR) is 90.0 cm³/mol. The highest BCUT2D eigenvalue weighted by Gasteiger charge is 2.08. The molecule has 0 aromatic carbocycles. The maximum atomic E-state index is 4.99. The van der Waals surface area contributed by atoms with E-state index in [0.29, 0.717) is 5.41 Å². The lowest BCUT2D eigenvalue weighted by Crippen LogP contribution is -2.38. The Kier molecular flexibility index (Phi) is 13.5. The fourth-order valence-corrected chi connectivity index (χ4v) is 1.47. The fourth-order valence-electron chi connectivity index (χ4n) is 1.47. The summed E-state index contributed by atoms with van der Waals surface area (Å²) < 4.78 is 4.99. The molecule has 0 aromatic heterocycles. The molecule has 110 valence electrons. The van der Waals surface area contributed by atoms with Gasteiger partial charge in [0.2, 0.25) is 0 Å². The highest BCUT2D eigenvalue weighted by Crippen LogP contribution is 2.19. The first-order valence-electron chi connectivity index (χ1n) is 6.43. The van der Waals surface area contributed by atoms with Crippen LogP contribution in [-0.2, 0) is 4.74 Å². The molecule has 0 aliphatic heterocycles. The zero-order valence-electron chi connectivity index (χ0n) is 12.5. The van der Waals surface area contributed by atoms with Gasteiger partial charge in [-0.3, -0.25) is 4.99 Å². The number of rotatable bonds is 7. The maximum Gasteiger partial charge on any atom is 0.190 e. The van der Waals surface area contributed by atoms with Crippen LogP contribution in [0.2, 0.25) is 0 Å². The quantitative estimate of drug-likeness (QED) is 0.313. The van der Waals surface area contributed by atoms with Crippen LogP contribution in [0.5, 0.6) is 0 Å². The van der Waals surface area contributed by atoms with Gasteiger partial charge in [0.1, 0.15) is 0 Å². The van der Waals surface area contributed by atoms with Crippen molar-refractivity contribution in [3.63, 3.8) is 0 Å². The van der Waals surface area contributed by atoms with E-state index in [9.17, 15) is 0 Å². The second-order valence-electron chi connectivity index (χ2n) is 5.44. The van der Waals surface area contributed by atoms with Crippen LogP contribution in [-0.4, -0.2) is 39.8 Å². The van der Waals surface area contributed by atoms with Crippen molar-refractivity contribution in [3.05, 3.63) is 0 Å². The molecule has 0 radical (unpaired) electrons. The van der Waals surface area contributed by atoms with E-state index in [1.807, 2.05) is 0 Å². The van der Waals surface area contributed by atoms with Crippen molar-refractivity contribution in [2.45, 2.75) is 40.0 Å². The van der Waals surface area contributed by atoms with Gasteiger partial charge in [-0.15, -0.1) is 24.0 Å². The summed E-state index contributed by atoms with van der Waals surface area (Å²) in [5, 5.41) is 6.58. The highest BCUT2D eigenvalue weighted by atomic mass is 127. The van der Waals surface area contributed by atoms with E-state index in [0.717, 1.165) is 32.1 Å². The molecule has 2 N–H and O–H groups in total. The van der Waals surface area contributed by atoms with Crippen LogP contribution in [0.25, 0.3) is 0 Å². The number of nitrogens with one attached hydrogen (secondary N) is 2. The molecular formula is C13H30IN3O. The number of guanidine groups is 1. The monoisotopic (exact) mass is 371 g/mol. The molecule has 0 aliphatic rings. The van der Waals surface area contributed by atoms with Crippen molar-refractivity contribution in [3.8, 4) is 0 Å². The number of halogens is 1. The summed E-state index contributed by atoms with van der Waals surface area (Å²) in [7, 11) is 3.52.